The van der Waals surface area contributed by atoms with Crippen LogP contribution in [0.1, 0.15) is 5.56 Å². The number of halogens is 3. The van der Waals surface area contributed by atoms with E-state index in [0.29, 0.717) is 5.56 Å². The monoisotopic (exact) mass is 254 g/mol. The smallest absolute Gasteiger partial charge is 0.142 e. The molecule has 54 valence electrons. The Hall–Kier alpha value is -0.190. The summed E-state index contributed by atoms with van der Waals surface area (Å²) in [5.74, 6) is -0.954. The lowest BCUT2D eigenvalue weighted by molar-refractivity contribution is 0.564. The topological polar surface area (TPSA) is 0 Å². The van der Waals surface area contributed by atoms with Gasteiger partial charge in [-0.05, 0) is 41.1 Å². The first kappa shape index (κ1) is 7.91. The Kier molecular flexibility index (Phi) is 2.23. The zero-order valence-electron chi connectivity index (χ0n) is 5.29. The van der Waals surface area contributed by atoms with Crippen molar-refractivity contribution in [1.82, 2.24) is 0 Å². The van der Waals surface area contributed by atoms with Gasteiger partial charge in [0.15, 0.2) is 0 Å². The molecule has 0 aliphatic heterocycles. The molecule has 0 fully saturated rings. The van der Waals surface area contributed by atoms with Gasteiger partial charge in [0.1, 0.15) is 11.6 Å². The van der Waals surface area contributed by atoms with Crippen LogP contribution in [0.25, 0.3) is 0 Å². The normalized spacial score (nSPS) is 10.0. The van der Waals surface area contributed by atoms with Crippen molar-refractivity contribution in [3.63, 3.8) is 0 Å². The van der Waals surface area contributed by atoms with Crippen LogP contribution in [-0.2, 0) is 0 Å². The fourth-order valence-corrected chi connectivity index (χ4v) is 1.23. The molecule has 0 saturated heterocycles. The highest BCUT2D eigenvalue weighted by Crippen LogP contribution is 2.17. The summed E-state index contributed by atoms with van der Waals surface area (Å²) >= 11 is 1.64. The molecule has 1 rings (SSSR count). The molecule has 0 aromatic heterocycles. The van der Waals surface area contributed by atoms with Crippen molar-refractivity contribution in [2.75, 3.05) is 0 Å². The Bertz CT molecular complexity index is 231. The summed E-state index contributed by atoms with van der Waals surface area (Å²) in [5.41, 5.74) is 0.478. The molecule has 0 bridgehead atoms. The quantitative estimate of drug-likeness (QED) is 0.493. The zero-order chi connectivity index (χ0) is 7.72. The van der Waals surface area contributed by atoms with Crippen molar-refractivity contribution in [3.8, 4) is 0 Å². The highest BCUT2D eigenvalue weighted by molar-refractivity contribution is 14.1. The number of hydrogen-bond donors (Lipinski definition) is 0. The van der Waals surface area contributed by atoms with Crippen molar-refractivity contribution in [2.24, 2.45) is 0 Å². The largest absolute Gasteiger partial charge is 0.206 e. The minimum Gasteiger partial charge on any atom is -0.206 e. The predicted octanol–water partition coefficient (Wildman–Crippen LogP) is 2.88. The van der Waals surface area contributed by atoms with Crippen LogP contribution in [0, 0.1) is 22.1 Å². The first-order valence-corrected chi connectivity index (χ1v) is 3.81. The molecule has 0 aliphatic carbocycles. The van der Waals surface area contributed by atoms with E-state index in [1.807, 2.05) is 0 Å². The second kappa shape index (κ2) is 2.82. The maximum absolute atomic E-state index is 12.7. The molecule has 0 N–H and O–H groups in total. The van der Waals surface area contributed by atoms with Crippen molar-refractivity contribution in [1.29, 1.82) is 0 Å². The van der Waals surface area contributed by atoms with E-state index in [0.717, 1.165) is 0 Å². The molecule has 0 aliphatic rings. The van der Waals surface area contributed by atoms with Crippen LogP contribution >= 0.6 is 22.6 Å². The standard InChI is InChI=1S/C7H5F2I/c1-4-2-3-5(8)7(10)6(4)9/h2-3H,1H3. The molecule has 0 unspecified atom stereocenters. The summed E-state index contributed by atoms with van der Waals surface area (Å²) in [5, 5.41) is 0. The molecule has 0 saturated carbocycles. The van der Waals surface area contributed by atoms with Crippen LogP contribution in [-0.4, -0.2) is 0 Å². The maximum Gasteiger partial charge on any atom is 0.142 e. The Labute approximate surface area is 71.4 Å². The Morgan fingerprint density at radius 2 is 1.90 bits per heavy atom. The molecule has 0 heterocycles. The molecular formula is C7H5F2I. The van der Waals surface area contributed by atoms with Gasteiger partial charge < -0.3 is 0 Å². The number of aryl methyl sites for hydroxylation is 1. The van der Waals surface area contributed by atoms with E-state index >= 15 is 0 Å². The van der Waals surface area contributed by atoms with Gasteiger partial charge in [-0.25, -0.2) is 8.78 Å². The lowest BCUT2D eigenvalue weighted by Crippen LogP contribution is -1.90. The first-order valence-electron chi connectivity index (χ1n) is 2.73. The lowest BCUT2D eigenvalue weighted by atomic mass is 10.2. The minimum absolute atomic E-state index is 0.0672. The molecule has 0 spiro atoms. The maximum atomic E-state index is 12.7. The highest BCUT2D eigenvalue weighted by atomic mass is 127. The average molecular weight is 254 g/mol. The first-order chi connectivity index (χ1) is 4.63. The summed E-state index contributed by atoms with van der Waals surface area (Å²) in [4.78, 5) is 0. The van der Waals surface area contributed by atoms with Crippen LogP contribution in [0.5, 0.6) is 0 Å². The van der Waals surface area contributed by atoms with E-state index < -0.39 is 11.6 Å². The third-order valence-electron chi connectivity index (χ3n) is 1.23. The summed E-state index contributed by atoms with van der Waals surface area (Å²) < 4.78 is 25.3. The molecule has 0 nitrogen and oxygen atoms in total. The summed E-state index contributed by atoms with van der Waals surface area (Å²) in [6, 6.07) is 2.69. The van der Waals surface area contributed by atoms with E-state index in [4.69, 9.17) is 0 Å². The average Bonchev–Trinajstić information content (AvgIpc) is 1.93. The Morgan fingerprint density at radius 3 is 2.40 bits per heavy atom. The summed E-state index contributed by atoms with van der Waals surface area (Å²) in [6.45, 7) is 1.61. The van der Waals surface area contributed by atoms with Crippen LogP contribution in [0.2, 0.25) is 0 Å². The van der Waals surface area contributed by atoms with E-state index in [1.165, 1.54) is 12.1 Å². The second-order valence-corrected chi connectivity index (χ2v) is 3.07. The third kappa shape index (κ3) is 1.28. The fraction of sp³-hybridized carbons (Fsp3) is 0.143. The van der Waals surface area contributed by atoms with Crippen molar-refractivity contribution in [3.05, 3.63) is 32.9 Å². The summed E-state index contributed by atoms with van der Waals surface area (Å²) in [6.07, 6.45) is 0. The van der Waals surface area contributed by atoms with Gasteiger partial charge in [0.2, 0.25) is 0 Å². The summed E-state index contributed by atoms with van der Waals surface area (Å²) in [7, 11) is 0. The lowest BCUT2D eigenvalue weighted by Gasteiger charge is -1.98. The zero-order valence-corrected chi connectivity index (χ0v) is 7.45. The van der Waals surface area contributed by atoms with Gasteiger partial charge >= 0.3 is 0 Å². The second-order valence-electron chi connectivity index (χ2n) is 1.99. The van der Waals surface area contributed by atoms with Crippen molar-refractivity contribution in [2.45, 2.75) is 6.92 Å². The van der Waals surface area contributed by atoms with Crippen LogP contribution in [0.15, 0.2) is 12.1 Å². The molecule has 0 amide bonds. The van der Waals surface area contributed by atoms with E-state index in [2.05, 4.69) is 0 Å². The fourth-order valence-electron chi connectivity index (χ4n) is 0.622. The highest BCUT2D eigenvalue weighted by Gasteiger charge is 2.06. The van der Waals surface area contributed by atoms with Crippen LogP contribution in [0.3, 0.4) is 0 Å². The Balaban J connectivity index is 3.34. The molecule has 0 radical (unpaired) electrons. The molecule has 10 heavy (non-hydrogen) atoms. The predicted molar refractivity (Wildman–Crippen MR) is 43.8 cm³/mol. The van der Waals surface area contributed by atoms with Gasteiger partial charge in [-0.2, -0.15) is 0 Å². The van der Waals surface area contributed by atoms with E-state index in [1.54, 1.807) is 29.5 Å². The molecule has 3 heteroatoms. The van der Waals surface area contributed by atoms with E-state index in [9.17, 15) is 8.78 Å². The van der Waals surface area contributed by atoms with Crippen molar-refractivity contribution >= 4 is 22.6 Å². The number of hydrogen-bond acceptors (Lipinski definition) is 0. The van der Waals surface area contributed by atoms with Gasteiger partial charge in [0.25, 0.3) is 0 Å². The number of rotatable bonds is 0. The van der Waals surface area contributed by atoms with Crippen molar-refractivity contribution < 1.29 is 8.78 Å². The van der Waals surface area contributed by atoms with Gasteiger partial charge in [-0.3, -0.25) is 0 Å². The van der Waals surface area contributed by atoms with Gasteiger partial charge in [-0.1, -0.05) is 6.07 Å². The number of benzene rings is 1. The SMILES string of the molecule is Cc1ccc(F)c(I)c1F. The Morgan fingerprint density at radius 1 is 1.30 bits per heavy atom. The van der Waals surface area contributed by atoms with Gasteiger partial charge in [-0.15, -0.1) is 0 Å². The molecule has 0 atom stereocenters. The molecule has 1 aromatic rings. The van der Waals surface area contributed by atoms with Crippen LogP contribution in [0.4, 0.5) is 8.78 Å². The van der Waals surface area contributed by atoms with Crippen LogP contribution < -0.4 is 0 Å². The third-order valence-corrected chi connectivity index (χ3v) is 2.22. The minimum atomic E-state index is -0.497. The molecular weight excluding hydrogens is 249 g/mol. The van der Waals surface area contributed by atoms with E-state index in [-0.39, 0.29) is 3.57 Å². The van der Waals surface area contributed by atoms with Gasteiger partial charge in [0.05, 0.1) is 3.57 Å². The van der Waals surface area contributed by atoms with Gasteiger partial charge in [0, 0.05) is 0 Å². The molecule has 1 aromatic carbocycles.